The topological polar surface area (TPSA) is 103 Å². The molecular formula is C25H29N3O3S. The molecule has 0 amide bonds. The second kappa shape index (κ2) is 10.1. The highest BCUT2D eigenvalue weighted by atomic mass is 32.2. The zero-order valence-corrected chi connectivity index (χ0v) is 19.5. The molecule has 3 rings (SSSR count). The first-order valence-corrected chi connectivity index (χ1v) is 12.2. The van der Waals surface area contributed by atoms with Crippen molar-refractivity contribution in [2.75, 3.05) is 6.54 Å². The molecule has 2 N–H and O–H groups in total. The van der Waals surface area contributed by atoms with E-state index in [4.69, 9.17) is 10.7 Å². The number of ketones is 1. The highest BCUT2D eigenvalue weighted by Gasteiger charge is 2.19. The van der Waals surface area contributed by atoms with Gasteiger partial charge in [-0.1, -0.05) is 36.4 Å². The van der Waals surface area contributed by atoms with Gasteiger partial charge in [-0.2, -0.15) is 0 Å². The van der Waals surface area contributed by atoms with E-state index in [1.807, 2.05) is 31.2 Å². The van der Waals surface area contributed by atoms with Gasteiger partial charge in [-0.05, 0) is 56.9 Å². The average Bonchev–Trinajstić information content (AvgIpc) is 2.78. The summed E-state index contributed by atoms with van der Waals surface area (Å²) in [7, 11) is -3.31. The number of aromatic nitrogens is 2. The van der Waals surface area contributed by atoms with E-state index in [-0.39, 0.29) is 12.3 Å². The fraction of sp³-hybridized carbons (Fsp3) is 0.320. The van der Waals surface area contributed by atoms with E-state index in [1.54, 1.807) is 44.3 Å². The normalized spacial score (nSPS) is 11.7. The summed E-state index contributed by atoms with van der Waals surface area (Å²) in [5.74, 6) is 0.0174. The van der Waals surface area contributed by atoms with E-state index in [1.165, 1.54) is 0 Å². The van der Waals surface area contributed by atoms with Crippen LogP contribution in [0, 0.1) is 6.92 Å². The van der Waals surface area contributed by atoms with Crippen molar-refractivity contribution in [3.05, 3.63) is 77.2 Å². The smallest absolute Gasteiger partial charge is 0.180 e. The molecule has 2 aromatic carbocycles. The zero-order valence-electron chi connectivity index (χ0n) is 18.7. The Hall–Kier alpha value is -2.90. The first-order valence-electron chi connectivity index (χ1n) is 10.7. The van der Waals surface area contributed by atoms with Gasteiger partial charge in [-0.25, -0.2) is 13.4 Å². The molecule has 0 spiro atoms. The number of Topliss-reactive ketones (excluding diaryl/α,β-unsaturated/α-hetero) is 1. The van der Waals surface area contributed by atoms with Crippen molar-refractivity contribution in [1.29, 1.82) is 0 Å². The van der Waals surface area contributed by atoms with E-state index < -0.39 is 15.1 Å². The summed E-state index contributed by atoms with van der Waals surface area (Å²) in [5, 5.41) is -0.467. The third-order valence-corrected chi connectivity index (χ3v) is 7.59. The molecule has 0 bridgehead atoms. The van der Waals surface area contributed by atoms with Crippen molar-refractivity contribution >= 4 is 15.6 Å². The minimum atomic E-state index is -3.31. The van der Waals surface area contributed by atoms with Crippen molar-refractivity contribution in [2.45, 2.75) is 50.2 Å². The molecule has 32 heavy (non-hydrogen) atoms. The number of hydrogen-bond donors (Lipinski definition) is 1. The summed E-state index contributed by atoms with van der Waals surface area (Å²) < 4.78 is 24.7. The molecular weight excluding hydrogens is 422 g/mol. The maximum absolute atomic E-state index is 12.3. The molecule has 0 atom stereocenters. The summed E-state index contributed by atoms with van der Waals surface area (Å²) in [6.45, 7) is 5.33. The Kier molecular flexibility index (Phi) is 7.53. The van der Waals surface area contributed by atoms with Gasteiger partial charge in [-0.3, -0.25) is 9.78 Å². The molecule has 0 aliphatic rings. The Balaban J connectivity index is 1.77. The predicted octanol–water partition coefficient (Wildman–Crippen LogP) is 3.49. The third-order valence-electron chi connectivity index (χ3n) is 5.42. The lowest BCUT2D eigenvalue weighted by Gasteiger charge is -2.10. The Morgan fingerprint density at radius 1 is 1.03 bits per heavy atom. The number of hydrogen-bond acceptors (Lipinski definition) is 6. The van der Waals surface area contributed by atoms with Gasteiger partial charge in [0.1, 0.15) is 0 Å². The van der Waals surface area contributed by atoms with E-state index in [0.717, 1.165) is 34.5 Å². The average molecular weight is 452 g/mol. The second-order valence-corrected chi connectivity index (χ2v) is 10.6. The molecule has 0 saturated carbocycles. The maximum Gasteiger partial charge on any atom is 0.180 e. The van der Waals surface area contributed by atoms with Crippen molar-refractivity contribution in [3.8, 4) is 11.3 Å². The summed E-state index contributed by atoms with van der Waals surface area (Å²) in [6, 6.07) is 14.8. The van der Waals surface area contributed by atoms with Crippen LogP contribution in [0.3, 0.4) is 0 Å². The van der Waals surface area contributed by atoms with Gasteiger partial charge in [0.2, 0.25) is 0 Å². The minimum absolute atomic E-state index is 0.0174. The lowest BCUT2D eigenvalue weighted by molar-refractivity contribution is -0.117. The maximum atomic E-state index is 12.3. The van der Waals surface area contributed by atoms with Crippen LogP contribution in [0.25, 0.3) is 11.3 Å². The summed E-state index contributed by atoms with van der Waals surface area (Å²) >= 11 is 0. The van der Waals surface area contributed by atoms with Crippen LogP contribution in [-0.2, 0) is 33.9 Å². The molecule has 0 aliphatic carbocycles. The summed E-state index contributed by atoms with van der Waals surface area (Å²) in [4.78, 5) is 21.2. The molecule has 0 unspecified atom stereocenters. The van der Waals surface area contributed by atoms with Gasteiger partial charge in [0.15, 0.2) is 15.6 Å². The van der Waals surface area contributed by atoms with Gasteiger partial charge in [0.25, 0.3) is 0 Å². The van der Waals surface area contributed by atoms with Crippen molar-refractivity contribution in [3.63, 3.8) is 0 Å². The van der Waals surface area contributed by atoms with Gasteiger partial charge in [-0.15, -0.1) is 0 Å². The van der Waals surface area contributed by atoms with Crippen LogP contribution in [0.2, 0.25) is 0 Å². The van der Waals surface area contributed by atoms with Gasteiger partial charge < -0.3 is 5.73 Å². The van der Waals surface area contributed by atoms with E-state index >= 15 is 0 Å². The van der Waals surface area contributed by atoms with E-state index in [2.05, 4.69) is 4.98 Å². The SMILES string of the molecule is Cc1ncc(-c2ccc(S(=O)(=O)C(C)C)cc2)nc1CCc1cccc(CC(=O)CN)c1. The number of nitrogens with two attached hydrogens (primary N) is 1. The standard InChI is InChI=1S/C25H29N3O3S/c1-17(2)32(30,31)23-10-8-21(9-11-23)25-16-27-18(3)24(28-25)12-7-19-5-4-6-20(13-19)14-22(29)15-26/h4-6,8-11,13,16-17H,7,12,14-15,26H2,1-3H3. The van der Waals surface area contributed by atoms with Gasteiger partial charge in [0.05, 0.1) is 40.0 Å². The Labute approximate surface area is 189 Å². The molecule has 6 nitrogen and oxygen atoms in total. The number of sulfone groups is 1. The molecule has 7 heteroatoms. The van der Waals surface area contributed by atoms with Gasteiger partial charge in [0, 0.05) is 12.0 Å². The largest absolute Gasteiger partial charge is 0.324 e. The van der Waals surface area contributed by atoms with Crippen LogP contribution in [0.5, 0.6) is 0 Å². The fourth-order valence-electron chi connectivity index (χ4n) is 3.41. The van der Waals surface area contributed by atoms with E-state index in [9.17, 15) is 13.2 Å². The molecule has 0 saturated heterocycles. The molecule has 1 aromatic heterocycles. The number of rotatable bonds is 9. The van der Waals surface area contributed by atoms with Crippen LogP contribution in [-0.4, -0.2) is 36.0 Å². The molecule has 1 heterocycles. The number of carbonyl (C=O) groups is 1. The Morgan fingerprint density at radius 2 is 1.72 bits per heavy atom. The zero-order chi connectivity index (χ0) is 23.3. The predicted molar refractivity (Wildman–Crippen MR) is 126 cm³/mol. The van der Waals surface area contributed by atoms with Crippen LogP contribution < -0.4 is 5.73 Å². The summed E-state index contributed by atoms with van der Waals surface area (Å²) in [5.41, 5.74) is 10.8. The minimum Gasteiger partial charge on any atom is -0.324 e. The third kappa shape index (κ3) is 5.66. The number of aryl methyl sites for hydroxylation is 3. The van der Waals surface area contributed by atoms with E-state index in [0.29, 0.717) is 23.4 Å². The lowest BCUT2D eigenvalue weighted by atomic mass is 10.0. The first kappa shape index (κ1) is 23.8. The van der Waals surface area contributed by atoms with Crippen LogP contribution >= 0.6 is 0 Å². The molecule has 0 fully saturated rings. The molecule has 0 radical (unpaired) electrons. The van der Waals surface area contributed by atoms with Gasteiger partial charge >= 0.3 is 0 Å². The molecule has 3 aromatic rings. The first-order chi connectivity index (χ1) is 15.2. The van der Waals surface area contributed by atoms with Crippen LogP contribution in [0.15, 0.2) is 59.6 Å². The van der Waals surface area contributed by atoms with Crippen molar-refractivity contribution < 1.29 is 13.2 Å². The monoisotopic (exact) mass is 451 g/mol. The van der Waals surface area contributed by atoms with Crippen LogP contribution in [0.1, 0.15) is 36.4 Å². The number of carbonyl (C=O) groups excluding carboxylic acids is 1. The number of nitrogens with zero attached hydrogens (tertiary/aromatic N) is 2. The quantitative estimate of drug-likeness (QED) is 0.534. The van der Waals surface area contributed by atoms with Crippen molar-refractivity contribution in [2.24, 2.45) is 5.73 Å². The van der Waals surface area contributed by atoms with Crippen LogP contribution in [0.4, 0.5) is 0 Å². The highest BCUT2D eigenvalue weighted by molar-refractivity contribution is 7.92. The Bertz CT molecular complexity index is 1200. The molecule has 168 valence electrons. The molecule has 0 aliphatic heterocycles. The van der Waals surface area contributed by atoms with Crippen molar-refractivity contribution in [1.82, 2.24) is 9.97 Å². The fourth-order valence-corrected chi connectivity index (χ4v) is 4.47. The highest BCUT2D eigenvalue weighted by Crippen LogP contribution is 2.23. The summed E-state index contributed by atoms with van der Waals surface area (Å²) in [6.07, 6.45) is 3.54. The second-order valence-electron chi connectivity index (χ2n) is 8.15. The Morgan fingerprint density at radius 3 is 2.38 bits per heavy atom. The lowest BCUT2D eigenvalue weighted by Crippen LogP contribution is -2.15. The number of benzene rings is 2.